The van der Waals surface area contributed by atoms with Gasteiger partial charge in [-0.05, 0) is 22.3 Å². The van der Waals surface area contributed by atoms with Crippen LogP contribution in [0.5, 0.6) is 0 Å². The molecule has 4 nitrogen and oxygen atoms in total. The number of hydrogen-bond acceptors (Lipinski definition) is 4. The molecule has 5 rings (SSSR count). The van der Waals surface area contributed by atoms with Crippen LogP contribution < -0.4 is 0 Å². The highest BCUT2D eigenvalue weighted by molar-refractivity contribution is 6.08. The number of hydrogen-bond donors (Lipinski definition) is 0. The average molecular weight is 320 g/mol. The van der Waals surface area contributed by atoms with Gasteiger partial charge in [-0.25, -0.2) is 0 Å². The summed E-state index contributed by atoms with van der Waals surface area (Å²) in [5.41, 5.74) is 2.28. The summed E-state index contributed by atoms with van der Waals surface area (Å²) >= 11 is 0. The van der Waals surface area contributed by atoms with Crippen LogP contribution in [0.1, 0.15) is 34.1 Å². The van der Waals surface area contributed by atoms with Crippen LogP contribution in [0.25, 0.3) is 0 Å². The molecule has 0 aliphatic heterocycles. The van der Waals surface area contributed by atoms with E-state index in [1.165, 1.54) is 14.2 Å². The second kappa shape index (κ2) is 4.07. The van der Waals surface area contributed by atoms with Gasteiger partial charge < -0.3 is 9.47 Å². The van der Waals surface area contributed by atoms with Crippen molar-refractivity contribution in [2.45, 2.75) is 17.3 Å². The van der Waals surface area contributed by atoms with Gasteiger partial charge in [-0.2, -0.15) is 0 Å². The summed E-state index contributed by atoms with van der Waals surface area (Å²) in [5.74, 6) is -1.03. The predicted molar refractivity (Wildman–Crippen MR) is 85.6 cm³/mol. The summed E-state index contributed by atoms with van der Waals surface area (Å²) in [6, 6.07) is 15.9. The maximum absolute atomic E-state index is 13.0. The summed E-state index contributed by atoms with van der Waals surface area (Å²) in [7, 11) is 2.78. The Morgan fingerprint density at radius 3 is 2.08 bits per heavy atom. The molecule has 0 amide bonds. The van der Waals surface area contributed by atoms with Crippen molar-refractivity contribution in [3.05, 3.63) is 70.8 Å². The van der Waals surface area contributed by atoms with Crippen LogP contribution in [-0.4, -0.2) is 26.2 Å². The third kappa shape index (κ3) is 1.07. The lowest BCUT2D eigenvalue weighted by molar-refractivity contribution is -0.154. The topological polar surface area (TPSA) is 52.6 Å². The van der Waals surface area contributed by atoms with Gasteiger partial charge in [-0.15, -0.1) is 0 Å². The van der Waals surface area contributed by atoms with Crippen LogP contribution in [0.4, 0.5) is 0 Å². The van der Waals surface area contributed by atoms with Crippen LogP contribution in [0.2, 0.25) is 0 Å². The Morgan fingerprint density at radius 1 is 0.833 bits per heavy atom. The molecule has 3 aliphatic rings. The van der Waals surface area contributed by atoms with Crippen LogP contribution in [0, 0.1) is 5.41 Å². The fourth-order valence-corrected chi connectivity index (χ4v) is 5.67. The molecule has 4 unspecified atom stereocenters. The van der Waals surface area contributed by atoms with E-state index in [0.717, 1.165) is 22.3 Å². The Labute approximate surface area is 139 Å². The number of esters is 2. The average Bonchev–Trinajstić information content (AvgIpc) is 3.06. The van der Waals surface area contributed by atoms with Gasteiger partial charge in [0.25, 0.3) is 0 Å². The standard InChI is InChI=1S/C20H16O4/c1-23-17(21)19-14-10-6-5-9-13(14)15-11-7-3-4-8-12(11)16(19)20(15,19)18(22)24-2/h3-10,15-16H,1-2H3. The van der Waals surface area contributed by atoms with Gasteiger partial charge in [-0.3, -0.25) is 9.59 Å². The molecular formula is C20H16O4. The van der Waals surface area contributed by atoms with Gasteiger partial charge in [0, 0.05) is 11.8 Å². The van der Waals surface area contributed by atoms with Gasteiger partial charge in [-0.1, -0.05) is 48.5 Å². The third-order valence-electron chi connectivity index (χ3n) is 6.26. The van der Waals surface area contributed by atoms with E-state index in [1.54, 1.807) is 0 Å². The smallest absolute Gasteiger partial charge is 0.318 e. The largest absolute Gasteiger partial charge is 0.469 e. The molecule has 0 saturated heterocycles. The number of fused-ring (bicyclic) bond motifs is 7. The van der Waals surface area contributed by atoms with Crippen LogP contribution in [-0.2, 0) is 24.5 Å². The van der Waals surface area contributed by atoms with E-state index in [2.05, 4.69) is 6.07 Å². The van der Waals surface area contributed by atoms with Crippen LogP contribution >= 0.6 is 0 Å². The molecule has 4 atom stereocenters. The Kier molecular flexibility index (Phi) is 2.34. The molecule has 2 aromatic carbocycles. The molecule has 0 bridgehead atoms. The van der Waals surface area contributed by atoms with Crippen molar-refractivity contribution in [1.29, 1.82) is 0 Å². The second-order valence-electron chi connectivity index (χ2n) is 6.74. The fraction of sp³-hybridized carbons (Fsp3) is 0.300. The molecule has 2 aromatic rings. The van der Waals surface area contributed by atoms with Gasteiger partial charge in [0.1, 0.15) is 10.8 Å². The fourth-order valence-electron chi connectivity index (χ4n) is 5.67. The van der Waals surface area contributed by atoms with Crippen molar-refractivity contribution in [3.63, 3.8) is 0 Å². The van der Waals surface area contributed by atoms with Crippen LogP contribution in [0.15, 0.2) is 48.5 Å². The zero-order valence-electron chi connectivity index (χ0n) is 13.4. The highest BCUT2D eigenvalue weighted by Crippen LogP contribution is 2.89. The Morgan fingerprint density at radius 2 is 1.42 bits per heavy atom. The molecule has 3 aliphatic carbocycles. The number of carbonyl (C=O) groups excluding carboxylic acids is 2. The van der Waals surface area contributed by atoms with Crippen molar-refractivity contribution >= 4 is 11.9 Å². The maximum Gasteiger partial charge on any atom is 0.318 e. The molecule has 120 valence electrons. The van der Waals surface area contributed by atoms with E-state index in [4.69, 9.17) is 9.47 Å². The van der Waals surface area contributed by atoms with E-state index in [-0.39, 0.29) is 23.8 Å². The van der Waals surface area contributed by atoms with Crippen molar-refractivity contribution < 1.29 is 19.1 Å². The molecule has 0 heterocycles. The van der Waals surface area contributed by atoms with Gasteiger partial charge in [0.05, 0.1) is 14.2 Å². The Hall–Kier alpha value is -2.62. The first-order valence-electron chi connectivity index (χ1n) is 8.02. The first kappa shape index (κ1) is 13.8. The molecule has 1 saturated carbocycles. The Balaban J connectivity index is 1.91. The molecular weight excluding hydrogens is 304 g/mol. The number of benzene rings is 2. The third-order valence-corrected chi connectivity index (χ3v) is 6.26. The number of carbonyl (C=O) groups is 2. The summed E-state index contributed by atoms with van der Waals surface area (Å²) in [4.78, 5) is 25.9. The van der Waals surface area contributed by atoms with E-state index < -0.39 is 10.8 Å². The summed E-state index contributed by atoms with van der Waals surface area (Å²) in [6.45, 7) is 0. The van der Waals surface area contributed by atoms with Crippen molar-refractivity contribution in [2.75, 3.05) is 14.2 Å². The van der Waals surface area contributed by atoms with Crippen LogP contribution in [0.3, 0.4) is 0 Å². The first-order chi connectivity index (χ1) is 11.7. The minimum absolute atomic E-state index is 0.151. The molecule has 0 radical (unpaired) electrons. The summed E-state index contributed by atoms with van der Waals surface area (Å²) < 4.78 is 10.4. The van der Waals surface area contributed by atoms with Gasteiger partial charge in [0.2, 0.25) is 0 Å². The SMILES string of the molecule is COC(=O)C12c3ccccc3C3c4ccccc4C1C32C(=O)OC. The molecule has 4 heteroatoms. The van der Waals surface area contributed by atoms with Gasteiger partial charge >= 0.3 is 11.9 Å². The monoisotopic (exact) mass is 320 g/mol. The molecule has 0 aromatic heterocycles. The number of rotatable bonds is 2. The lowest BCUT2D eigenvalue weighted by Crippen LogP contribution is -2.34. The van der Waals surface area contributed by atoms with Crippen molar-refractivity contribution in [2.24, 2.45) is 5.41 Å². The van der Waals surface area contributed by atoms with E-state index >= 15 is 0 Å². The lowest BCUT2D eigenvalue weighted by atomic mass is 9.82. The predicted octanol–water partition coefficient (Wildman–Crippen LogP) is 2.51. The van der Waals surface area contributed by atoms with E-state index in [9.17, 15) is 9.59 Å². The first-order valence-corrected chi connectivity index (χ1v) is 8.02. The minimum Gasteiger partial charge on any atom is -0.469 e. The molecule has 24 heavy (non-hydrogen) atoms. The second-order valence-corrected chi connectivity index (χ2v) is 6.74. The molecule has 0 N–H and O–H groups in total. The number of methoxy groups -OCH3 is 2. The highest BCUT2D eigenvalue weighted by Gasteiger charge is 2.94. The lowest BCUT2D eigenvalue weighted by Gasteiger charge is -2.21. The summed E-state index contributed by atoms with van der Waals surface area (Å²) in [6.07, 6.45) is 0. The normalized spacial score (nSPS) is 33.2. The zero-order valence-corrected chi connectivity index (χ0v) is 13.4. The minimum atomic E-state index is -0.954. The molecule has 0 spiro atoms. The zero-order chi connectivity index (χ0) is 16.7. The quantitative estimate of drug-likeness (QED) is 0.798. The highest BCUT2D eigenvalue weighted by atomic mass is 16.5. The Bertz CT molecular complexity index is 917. The van der Waals surface area contributed by atoms with Gasteiger partial charge in [0.15, 0.2) is 0 Å². The number of ether oxygens (including phenoxy) is 2. The molecule has 1 fully saturated rings. The maximum atomic E-state index is 13.0. The van der Waals surface area contributed by atoms with Crippen molar-refractivity contribution in [3.8, 4) is 0 Å². The summed E-state index contributed by atoms with van der Waals surface area (Å²) in [5, 5.41) is 0. The van der Waals surface area contributed by atoms with E-state index in [1.807, 2.05) is 42.5 Å². The van der Waals surface area contributed by atoms with Crippen molar-refractivity contribution in [1.82, 2.24) is 0 Å². The van der Waals surface area contributed by atoms with E-state index in [0.29, 0.717) is 0 Å².